The number of benzene rings is 1. The number of hydrogen-bond acceptors (Lipinski definition) is 5. The van der Waals surface area contributed by atoms with Crippen molar-refractivity contribution in [3.63, 3.8) is 0 Å². The third-order valence-electron chi connectivity index (χ3n) is 4.82. The van der Waals surface area contributed by atoms with Crippen LogP contribution < -0.4 is 10.9 Å². The highest BCUT2D eigenvalue weighted by atomic mass is 32.1. The van der Waals surface area contributed by atoms with Crippen molar-refractivity contribution < 1.29 is 14.7 Å². The zero-order valence-corrected chi connectivity index (χ0v) is 17.4. The summed E-state index contributed by atoms with van der Waals surface area (Å²) in [7, 11) is 0. The third-order valence-corrected chi connectivity index (χ3v) is 6.00. The maximum atomic E-state index is 13.1. The van der Waals surface area contributed by atoms with E-state index in [1.165, 1.54) is 15.9 Å². The molecule has 0 bridgehead atoms. The molecule has 0 aliphatic carbocycles. The lowest BCUT2D eigenvalue weighted by Gasteiger charge is -2.10. The second-order valence-corrected chi connectivity index (χ2v) is 7.84. The van der Waals surface area contributed by atoms with Gasteiger partial charge >= 0.3 is 5.97 Å². The quantitative estimate of drug-likeness (QED) is 0.614. The second kappa shape index (κ2) is 8.57. The highest BCUT2D eigenvalue weighted by Gasteiger charge is 2.21. The highest BCUT2D eigenvalue weighted by molar-refractivity contribution is 7.20. The maximum absolute atomic E-state index is 13.1. The van der Waals surface area contributed by atoms with Crippen LogP contribution in [0.25, 0.3) is 10.2 Å². The molecule has 3 rings (SSSR count). The molecule has 1 aromatic carbocycles. The number of carbonyl (C=O) groups is 2. The van der Waals surface area contributed by atoms with Crippen LogP contribution in [0.1, 0.15) is 46.4 Å². The number of para-hydroxylation sites is 1. The Balaban J connectivity index is 2.01. The van der Waals surface area contributed by atoms with Gasteiger partial charge in [-0.2, -0.15) is 0 Å². The number of carbonyl (C=O) groups excluding carboxylic acids is 1. The van der Waals surface area contributed by atoms with Crippen molar-refractivity contribution in [3.8, 4) is 0 Å². The number of rotatable bonds is 7. The number of aryl methyl sites for hydroxylation is 3. The van der Waals surface area contributed by atoms with Crippen molar-refractivity contribution in [2.75, 3.05) is 5.32 Å². The summed E-state index contributed by atoms with van der Waals surface area (Å²) < 4.78 is 1.54. The SMILES string of the molecule is CCc1nc2sc(C(=O)Nc3ccccc3C)c(C)c2c(=O)n1CCCC(=O)O. The monoisotopic (exact) mass is 413 g/mol. The van der Waals surface area contributed by atoms with E-state index in [1.807, 2.05) is 38.1 Å². The van der Waals surface area contributed by atoms with Gasteiger partial charge in [0.15, 0.2) is 0 Å². The van der Waals surface area contributed by atoms with Crippen molar-refractivity contribution in [2.24, 2.45) is 0 Å². The standard InChI is InChI=1S/C21H23N3O4S/c1-4-15-23-20-17(21(28)24(15)11-7-10-16(25)26)13(3)18(29-20)19(27)22-14-9-6-5-8-12(14)2/h5-6,8-9H,4,7,10-11H2,1-3H3,(H,22,27)(H,25,26). The molecular weight excluding hydrogens is 390 g/mol. The molecule has 7 nitrogen and oxygen atoms in total. The number of nitrogens with one attached hydrogen (secondary N) is 1. The number of carboxylic acids is 1. The molecule has 0 aliphatic rings. The van der Waals surface area contributed by atoms with Gasteiger partial charge < -0.3 is 10.4 Å². The molecule has 2 heterocycles. The van der Waals surface area contributed by atoms with Gasteiger partial charge in [0.25, 0.3) is 11.5 Å². The zero-order valence-electron chi connectivity index (χ0n) is 16.6. The van der Waals surface area contributed by atoms with Crippen molar-refractivity contribution in [1.29, 1.82) is 0 Å². The molecule has 0 spiro atoms. The van der Waals surface area contributed by atoms with Crippen LogP contribution in [0.2, 0.25) is 0 Å². The molecule has 0 saturated carbocycles. The van der Waals surface area contributed by atoms with Gasteiger partial charge in [-0.3, -0.25) is 19.0 Å². The van der Waals surface area contributed by atoms with E-state index in [1.54, 1.807) is 6.92 Å². The molecule has 1 amide bonds. The zero-order chi connectivity index (χ0) is 21.1. The fourth-order valence-corrected chi connectivity index (χ4v) is 4.34. The normalized spacial score (nSPS) is 11.0. The van der Waals surface area contributed by atoms with Gasteiger partial charge in [0.05, 0.1) is 10.3 Å². The summed E-state index contributed by atoms with van der Waals surface area (Å²) in [6, 6.07) is 7.50. The molecule has 2 N–H and O–H groups in total. The van der Waals surface area contributed by atoms with Gasteiger partial charge in [-0.1, -0.05) is 25.1 Å². The number of nitrogens with zero attached hydrogens (tertiary/aromatic N) is 2. The Bertz CT molecular complexity index is 1150. The van der Waals surface area contributed by atoms with Crippen LogP contribution in [0.15, 0.2) is 29.1 Å². The average Bonchev–Trinajstić information content (AvgIpc) is 3.01. The lowest BCUT2D eigenvalue weighted by atomic mass is 10.1. The number of amides is 1. The van der Waals surface area contributed by atoms with E-state index in [-0.39, 0.29) is 24.4 Å². The molecule has 0 fully saturated rings. The summed E-state index contributed by atoms with van der Waals surface area (Å²) in [6.07, 6.45) is 0.875. The smallest absolute Gasteiger partial charge is 0.303 e. The summed E-state index contributed by atoms with van der Waals surface area (Å²) in [5.74, 6) is -0.568. The summed E-state index contributed by atoms with van der Waals surface area (Å²) in [5.41, 5.74) is 2.05. The van der Waals surface area contributed by atoms with Crippen molar-refractivity contribution in [1.82, 2.24) is 9.55 Å². The van der Waals surface area contributed by atoms with Crippen molar-refractivity contribution >= 4 is 39.1 Å². The summed E-state index contributed by atoms with van der Waals surface area (Å²) in [4.78, 5) is 42.3. The average molecular weight is 413 g/mol. The lowest BCUT2D eigenvalue weighted by Crippen LogP contribution is -2.25. The van der Waals surface area contributed by atoms with Gasteiger partial charge in [-0.25, -0.2) is 4.98 Å². The Hall–Kier alpha value is -3.00. The van der Waals surface area contributed by atoms with E-state index in [2.05, 4.69) is 10.3 Å². The topological polar surface area (TPSA) is 101 Å². The van der Waals surface area contributed by atoms with E-state index in [9.17, 15) is 14.4 Å². The molecule has 8 heteroatoms. The fraction of sp³-hybridized carbons (Fsp3) is 0.333. The molecule has 29 heavy (non-hydrogen) atoms. The van der Waals surface area contributed by atoms with Crippen molar-refractivity contribution in [2.45, 2.75) is 46.6 Å². The van der Waals surface area contributed by atoms with Crippen LogP contribution in [-0.4, -0.2) is 26.5 Å². The summed E-state index contributed by atoms with van der Waals surface area (Å²) in [5, 5.41) is 12.2. The summed E-state index contributed by atoms with van der Waals surface area (Å²) >= 11 is 1.21. The first-order chi connectivity index (χ1) is 13.8. The second-order valence-electron chi connectivity index (χ2n) is 6.84. The lowest BCUT2D eigenvalue weighted by molar-refractivity contribution is -0.137. The molecule has 3 aromatic rings. The van der Waals surface area contributed by atoms with Gasteiger partial charge in [0.2, 0.25) is 0 Å². The Morgan fingerprint density at radius 3 is 2.62 bits per heavy atom. The van der Waals surface area contributed by atoms with Gasteiger partial charge in [-0.05, 0) is 37.5 Å². The van der Waals surface area contributed by atoms with E-state index >= 15 is 0 Å². The van der Waals surface area contributed by atoms with Crippen LogP contribution >= 0.6 is 11.3 Å². The van der Waals surface area contributed by atoms with Crippen LogP contribution in [0.3, 0.4) is 0 Å². The van der Waals surface area contributed by atoms with Gasteiger partial charge in [0, 0.05) is 25.1 Å². The number of aromatic nitrogens is 2. The van der Waals surface area contributed by atoms with Crippen LogP contribution in [0, 0.1) is 13.8 Å². The van der Waals surface area contributed by atoms with E-state index < -0.39 is 5.97 Å². The summed E-state index contributed by atoms with van der Waals surface area (Å²) in [6.45, 7) is 5.85. The number of anilines is 1. The first-order valence-corrected chi connectivity index (χ1v) is 10.3. The third kappa shape index (κ3) is 4.22. The van der Waals surface area contributed by atoms with E-state index in [0.717, 1.165) is 11.3 Å². The Morgan fingerprint density at radius 2 is 1.97 bits per heavy atom. The maximum Gasteiger partial charge on any atom is 0.303 e. The minimum atomic E-state index is -0.896. The Kier molecular flexibility index (Phi) is 6.12. The molecule has 0 radical (unpaired) electrons. The van der Waals surface area contributed by atoms with Gasteiger partial charge in [-0.15, -0.1) is 11.3 Å². The molecule has 0 unspecified atom stereocenters. The molecular formula is C21H23N3O4S. The molecule has 2 aromatic heterocycles. The van der Waals surface area contributed by atoms with Gasteiger partial charge in [0.1, 0.15) is 10.7 Å². The minimum absolute atomic E-state index is 0.0136. The Morgan fingerprint density at radius 1 is 1.24 bits per heavy atom. The first kappa shape index (κ1) is 20.7. The molecule has 152 valence electrons. The minimum Gasteiger partial charge on any atom is -0.481 e. The highest BCUT2D eigenvalue weighted by Crippen LogP contribution is 2.29. The largest absolute Gasteiger partial charge is 0.481 e. The van der Waals surface area contributed by atoms with Crippen LogP contribution in [0.4, 0.5) is 5.69 Å². The number of hydrogen-bond donors (Lipinski definition) is 2. The molecule has 0 saturated heterocycles. The predicted octanol–water partition coefficient (Wildman–Crippen LogP) is 3.75. The van der Waals surface area contributed by atoms with Crippen molar-refractivity contribution in [3.05, 3.63) is 56.4 Å². The Labute approximate surface area is 172 Å². The number of carboxylic acid groups (broad SMARTS) is 1. The van der Waals surface area contributed by atoms with Crippen LogP contribution in [0.5, 0.6) is 0 Å². The number of fused-ring (bicyclic) bond motifs is 1. The predicted molar refractivity (Wildman–Crippen MR) is 114 cm³/mol. The van der Waals surface area contributed by atoms with E-state index in [4.69, 9.17) is 5.11 Å². The first-order valence-electron chi connectivity index (χ1n) is 9.45. The van der Waals surface area contributed by atoms with Crippen LogP contribution in [-0.2, 0) is 17.8 Å². The molecule has 0 aliphatic heterocycles. The van der Waals surface area contributed by atoms with E-state index in [0.29, 0.717) is 39.3 Å². The molecule has 0 atom stereocenters. The fourth-order valence-electron chi connectivity index (χ4n) is 3.26. The number of aliphatic carboxylic acids is 1. The number of thiophene rings is 1.